The van der Waals surface area contributed by atoms with E-state index in [1.54, 1.807) is 54.5 Å². The Morgan fingerprint density at radius 2 is 1.63 bits per heavy atom. The number of carbonyl (C=O) groups is 3. The number of benzene rings is 3. The molecule has 0 radical (unpaired) electrons. The SMILES string of the molecule is COc1ccc(C(=O)N2c3ccc(C(=O)N4CCCNCC4)cc3NC(=O)CC2c2ccc(C)cc2)cc1. The van der Waals surface area contributed by atoms with Crippen LogP contribution in [-0.4, -0.2) is 55.9 Å². The smallest absolute Gasteiger partial charge is 0.258 e. The maximum Gasteiger partial charge on any atom is 0.258 e. The quantitative estimate of drug-likeness (QED) is 0.548. The summed E-state index contributed by atoms with van der Waals surface area (Å²) in [4.78, 5) is 44.0. The second kappa shape index (κ2) is 11.1. The van der Waals surface area contributed by atoms with Crippen LogP contribution in [0.3, 0.4) is 0 Å². The van der Waals surface area contributed by atoms with E-state index in [0.29, 0.717) is 41.3 Å². The number of methoxy groups -OCH3 is 1. The van der Waals surface area contributed by atoms with E-state index < -0.39 is 6.04 Å². The molecule has 3 aromatic rings. The molecule has 1 unspecified atom stereocenters. The summed E-state index contributed by atoms with van der Waals surface area (Å²) in [6, 6.07) is 19.5. The minimum atomic E-state index is -0.523. The van der Waals surface area contributed by atoms with E-state index in [2.05, 4.69) is 10.6 Å². The number of amides is 3. The molecule has 0 bridgehead atoms. The Labute approximate surface area is 222 Å². The van der Waals surface area contributed by atoms with Gasteiger partial charge in [0, 0.05) is 30.8 Å². The normalized spacial score (nSPS) is 17.6. The van der Waals surface area contributed by atoms with Crippen LogP contribution in [0.2, 0.25) is 0 Å². The first-order chi connectivity index (χ1) is 18.4. The number of ether oxygens (including phenoxy) is 1. The molecule has 0 aliphatic carbocycles. The van der Waals surface area contributed by atoms with E-state index in [9.17, 15) is 14.4 Å². The van der Waals surface area contributed by atoms with Gasteiger partial charge in [-0.05, 0) is 67.9 Å². The molecule has 2 aliphatic rings. The molecule has 8 nitrogen and oxygen atoms in total. The summed E-state index contributed by atoms with van der Waals surface area (Å²) in [5.41, 5.74) is 3.91. The van der Waals surface area contributed by atoms with Crippen molar-refractivity contribution in [3.8, 4) is 5.75 Å². The third-order valence-electron chi connectivity index (χ3n) is 7.11. The van der Waals surface area contributed by atoms with Gasteiger partial charge in [0.1, 0.15) is 5.75 Å². The molecule has 3 aromatic carbocycles. The van der Waals surface area contributed by atoms with Crippen LogP contribution in [0.5, 0.6) is 5.75 Å². The van der Waals surface area contributed by atoms with Gasteiger partial charge in [-0.2, -0.15) is 0 Å². The fraction of sp³-hybridized carbons (Fsp3) is 0.300. The summed E-state index contributed by atoms with van der Waals surface area (Å²) in [5, 5.41) is 6.27. The van der Waals surface area contributed by atoms with Crippen LogP contribution in [0.4, 0.5) is 11.4 Å². The highest BCUT2D eigenvalue weighted by Crippen LogP contribution is 2.40. The largest absolute Gasteiger partial charge is 0.497 e. The fourth-order valence-electron chi connectivity index (χ4n) is 5.03. The van der Waals surface area contributed by atoms with Crippen molar-refractivity contribution in [3.05, 3.63) is 89.0 Å². The van der Waals surface area contributed by atoms with Gasteiger partial charge in [0.2, 0.25) is 5.91 Å². The lowest BCUT2D eigenvalue weighted by atomic mass is 9.98. The second-order valence-electron chi connectivity index (χ2n) is 9.71. The first kappa shape index (κ1) is 25.5. The zero-order chi connectivity index (χ0) is 26.6. The molecule has 2 heterocycles. The summed E-state index contributed by atoms with van der Waals surface area (Å²) < 4.78 is 5.26. The molecule has 2 N–H and O–H groups in total. The minimum absolute atomic E-state index is 0.0840. The van der Waals surface area contributed by atoms with Gasteiger partial charge in [-0.1, -0.05) is 29.8 Å². The monoisotopic (exact) mass is 512 g/mol. The number of aryl methyl sites for hydroxylation is 1. The highest BCUT2D eigenvalue weighted by atomic mass is 16.5. The molecule has 38 heavy (non-hydrogen) atoms. The molecule has 0 aromatic heterocycles. The second-order valence-corrected chi connectivity index (χ2v) is 9.71. The first-order valence-electron chi connectivity index (χ1n) is 12.9. The van der Waals surface area contributed by atoms with Gasteiger partial charge < -0.3 is 20.3 Å². The lowest BCUT2D eigenvalue weighted by Gasteiger charge is -2.31. The maximum absolute atomic E-state index is 14.0. The van der Waals surface area contributed by atoms with E-state index in [1.807, 2.05) is 36.1 Å². The van der Waals surface area contributed by atoms with Crippen LogP contribution < -0.4 is 20.3 Å². The zero-order valence-electron chi connectivity index (χ0n) is 21.7. The van der Waals surface area contributed by atoms with Crippen molar-refractivity contribution in [2.75, 3.05) is 43.5 Å². The van der Waals surface area contributed by atoms with Gasteiger partial charge in [-0.3, -0.25) is 19.3 Å². The number of nitrogens with one attached hydrogen (secondary N) is 2. The van der Waals surface area contributed by atoms with E-state index in [1.165, 1.54) is 0 Å². The Morgan fingerprint density at radius 3 is 2.37 bits per heavy atom. The molecule has 0 saturated carbocycles. The summed E-state index contributed by atoms with van der Waals surface area (Å²) in [7, 11) is 1.58. The average Bonchev–Trinajstić information content (AvgIpc) is 3.30. The Bertz CT molecular complexity index is 1330. The third kappa shape index (κ3) is 5.26. The Balaban J connectivity index is 1.58. The number of carbonyl (C=O) groups excluding carboxylic acids is 3. The number of rotatable bonds is 4. The predicted octanol–water partition coefficient (Wildman–Crippen LogP) is 4.17. The molecule has 3 amide bonds. The molecular formula is C30H32N4O4. The number of hydrogen-bond acceptors (Lipinski definition) is 5. The molecule has 5 rings (SSSR count). The van der Waals surface area contributed by atoms with E-state index >= 15 is 0 Å². The Kier molecular flexibility index (Phi) is 7.42. The third-order valence-corrected chi connectivity index (χ3v) is 7.11. The van der Waals surface area contributed by atoms with Crippen LogP contribution >= 0.6 is 0 Å². The van der Waals surface area contributed by atoms with E-state index in [4.69, 9.17) is 4.74 Å². The molecule has 2 aliphatic heterocycles. The van der Waals surface area contributed by atoms with Gasteiger partial charge >= 0.3 is 0 Å². The minimum Gasteiger partial charge on any atom is -0.497 e. The molecule has 196 valence electrons. The number of fused-ring (bicyclic) bond motifs is 1. The zero-order valence-corrected chi connectivity index (χ0v) is 21.7. The molecule has 8 heteroatoms. The van der Waals surface area contributed by atoms with Crippen molar-refractivity contribution in [3.63, 3.8) is 0 Å². The molecule has 1 fully saturated rings. The topological polar surface area (TPSA) is 91.0 Å². The average molecular weight is 513 g/mol. The van der Waals surface area contributed by atoms with Crippen molar-refractivity contribution in [2.24, 2.45) is 0 Å². The standard InChI is InChI=1S/C30H32N4O4/c1-20-4-6-21(7-5-20)27-19-28(35)32-25-18-23(29(36)33-16-3-14-31-15-17-33)10-13-26(25)34(27)30(37)22-8-11-24(38-2)12-9-22/h4-13,18,27,31H,3,14-17,19H2,1-2H3,(H,32,35). The summed E-state index contributed by atoms with van der Waals surface area (Å²) >= 11 is 0. The Hall–Kier alpha value is -4.17. The van der Waals surface area contributed by atoms with Crippen molar-refractivity contribution < 1.29 is 19.1 Å². The molecule has 1 saturated heterocycles. The molecule has 1 atom stereocenters. The Morgan fingerprint density at radius 1 is 0.895 bits per heavy atom. The van der Waals surface area contributed by atoms with Gasteiger partial charge in [0.15, 0.2) is 0 Å². The van der Waals surface area contributed by atoms with Crippen LogP contribution in [0.25, 0.3) is 0 Å². The highest BCUT2D eigenvalue weighted by molar-refractivity contribution is 6.12. The highest BCUT2D eigenvalue weighted by Gasteiger charge is 2.35. The molecular weight excluding hydrogens is 480 g/mol. The van der Waals surface area contributed by atoms with Crippen molar-refractivity contribution in [1.29, 1.82) is 0 Å². The first-order valence-corrected chi connectivity index (χ1v) is 12.9. The van der Waals surface area contributed by atoms with E-state index in [0.717, 1.165) is 30.6 Å². The number of nitrogens with zero attached hydrogens (tertiary/aromatic N) is 2. The van der Waals surface area contributed by atoms with Gasteiger partial charge in [0.25, 0.3) is 11.8 Å². The van der Waals surface area contributed by atoms with Crippen LogP contribution in [-0.2, 0) is 4.79 Å². The van der Waals surface area contributed by atoms with Crippen LogP contribution in [0.15, 0.2) is 66.7 Å². The van der Waals surface area contributed by atoms with Crippen LogP contribution in [0.1, 0.15) is 50.7 Å². The van der Waals surface area contributed by atoms with Gasteiger partial charge in [0.05, 0.1) is 30.9 Å². The lowest BCUT2D eigenvalue weighted by molar-refractivity contribution is -0.116. The van der Waals surface area contributed by atoms with Gasteiger partial charge in [-0.15, -0.1) is 0 Å². The maximum atomic E-state index is 14.0. The summed E-state index contributed by atoms with van der Waals surface area (Å²) in [5.74, 6) is 0.105. The van der Waals surface area contributed by atoms with Crippen molar-refractivity contribution in [2.45, 2.75) is 25.8 Å². The van der Waals surface area contributed by atoms with E-state index in [-0.39, 0.29) is 24.1 Å². The number of hydrogen-bond donors (Lipinski definition) is 2. The van der Waals surface area contributed by atoms with Crippen LogP contribution in [0, 0.1) is 6.92 Å². The predicted molar refractivity (Wildman–Crippen MR) is 147 cm³/mol. The summed E-state index contributed by atoms with van der Waals surface area (Å²) in [6.07, 6.45) is 0.969. The lowest BCUT2D eigenvalue weighted by Crippen LogP contribution is -2.35. The summed E-state index contributed by atoms with van der Waals surface area (Å²) in [6.45, 7) is 4.92. The molecule has 0 spiro atoms. The number of anilines is 2. The van der Waals surface area contributed by atoms with Gasteiger partial charge in [-0.25, -0.2) is 0 Å². The van der Waals surface area contributed by atoms with Crippen molar-refractivity contribution >= 4 is 29.1 Å². The fourth-order valence-corrected chi connectivity index (χ4v) is 5.03. The van der Waals surface area contributed by atoms with Crippen molar-refractivity contribution in [1.82, 2.24) is 10.2 Å².